The summed E-state index contributed by atoms with van der Waals surface area (Å²) in [4.78, 5) is 28.0. The first kappa shape index (κ1) is 25.2. The Morgan fingerprint density at radius 1 is 1.03 bits per heavy atom. The first-order chi connectivity index (χ1) is 16.1. The number of nitrogens with one attached hydrogen (secondary N) is 1. The molecule has 0 radical (unpaired) electrons. The molecule has 0 aliphatic carbocycles. The lowest BCUT2D eigenvalue weighted by molar-refractivity contribution is -0.117. The number of aryl methyl sites for hydroxylation is 2. The second-order valence-electron chi connectivity index (χ2n) is 9.86. The molecule has 0 unspecified atom stereocenters. The molecule has 0 saturated carbocycles. The molecule has 0 atom stereocenters. The van der Waals surface area contributed by atoms with Crippen LogP contribution >= 0.6 is 0 Å². The van der Waals surface area contributed by atoms with Gasteiger partial charge in [-0.1, -0.05) is 70.0 Å². The van der Waals surface area contributed by atoms with E-state index in [1.54, 1.807) is 9.58 Å². The van der Waals surface area contributed by atoms with Crippen molar-refractivity contribution in [1.29, 1.82) is 0 Å². The maximum absolute atomic E-state index is 13.2. The van der Waals surface area contributed by atoms with Crippen molar-refractivity contribution in [1.82, 2.24) is 14.7 Å². The lowest BCUT2D eigenvalue weighted by atomic mass is 9.92. The van der Waals surface area contributed by atoms with Crippen molar-refractivity contribution >= 4 is 17.6 Å². The molecule has 2 amide bonds. The minimum atomic E-state index is -0.244. The molecular formula is C28H36N4O2. The molecule has 0 bridgehead atoms. The van der Waals surface area contributed by atoms with Crippen LogP contribution in [0.4, 0.5) is 5.82 Å². The van der Waals surface area contributed by atoms with E-state index in [4.69, 9.17) is 5.10 Å². The predicted octanol–water partition coefficient (Wildman–Crippen LogP) is 5.67. The summed E-state index contributed by atoms with van der Waals surface area (Å²) in [7, 11) is 0. The van der Waals surface area contributed by atoms with Crippen LogP contribution in [-0.4, -0.2) is 39.6 Å². The molecule has 2 aromatic carbocycles. The van der Waals surface area contributed by atoms with Crippen LogP contribution in [0.15, 0.2) is 54.6 Å². The van der Waals surface area contributed by atoms with Crippen LogP contribution < -0.4 is 5.32 Å². The Labute approximate surface area is 203 Å². The van der Waals surface area contributed by atoms with Crippen molar-refractivity contribution in [2.45, 2.75) is 59.8 Å². The fourth-order valence-corrected chi connectivity index (χ4v) is 3.66. The lowest BCUT2D eigenvalue weighted by Gasteiger charge is -2.23. The summed E-state index contributed by atoms with van der Waals surface area (Å²) in [5.41, 5.74) is 4.26. The normalized spacial score (nSPS) is 11.4. The Morgan fingerprint density at radius 3 is 2.32 bits per heavy atom. The van der Waals surface area contributed by atoms with Crippen LogP contribution in [0.5, 0.6) is 0 Å². The molecule has 1 aromatic heterocycles. The topological polar surface area (TPSA) is 67.2 Å². The molecule has 3 aromatic rings. The second kappa shape index (κ2) is 10.7. The van der Waals surface area contributed by atoms with Crippen molar-refractivity contribution < 1.29 is 9.59 Å². The van der Waals surface area contributed by atoms with Gasteiger partial charge in [0.15, 0.2) is 0 Å². The highest BCUT2D eigenvalue weighted by Gasteiger charge is 2.24. The van der Waals surface area contributed by atoms with Crippen LogP contribution in [0, 0.1) is 13.8 Å². The fraction of sp³-hybridized carbons (Fsp3) is 0.393. The van der Waals surface area contributed by atoms with E-state index in [1.165, 1.54) is 0 Å². The Balaban J connectivity index is 1.86. The molecule has 0 fully saturated rings. The molecule has 180 valence electrons. The monoisotopic (exact) mass is 460 g/mol. The summed E-state index contributed by atoms with van der Waals surface area (Å²) in [5.74, 6) is 0.230. The molecular weight excluding hydrogens is 424 g/mol. The highest BCUT2D eigenvalue weighted by Crippen LogP contribution is 2.26. The van der Waals surface area contributed by atoms with Crippen LogP contribution in [0.25, 0.3) is 5.69 Å². The van der Waals surface area contributed by atoms with Gasteiger partial charge in [0, 0.05) is 23.6 Å². The lowest BCUT2D eigenvalue weighted by Crippen LogP contribution is -2.39. The zero-order valence-electron chi connectivity index (χ0n) is 21.2. The van der Waals surface area contributed by atoms with Gasteiger partial charge in [-0.3, -0.25) is 9.59 Å². The number of nitrogens with zero attached hydrogens (tertiary/aromatic N) is 3. The minimum Gasteiger partial charge on any atom is -0.329 e. The van der Waals surface area contributed by atoms with Gasteiger partial charge in [0.1, 0.15) is 12.4 Å². The van der Waals surface area contributed by atoms with Gasteiger partial charge in [-0.25, -0.2) is 4.68 Å². The molecule has 6 heteroatoms. The quantitative estimate of drug-likeness (QED) is 0.471. The van der Waals surface area contributed by atoms with E-state index in [-0.39, 0.29) is 23.8 Å². The number of amides is 2. The van der Waals surface area contributed by atoms with Crippen molar-refractivity contribution in [3.63, 3.8) is 0 Å². The van der Waals surface area contributed by atoms with E-state index >= 15 is 0 Å². The van der Waals surface area contributed by atoms with E-state index in [0.29, 0.717) is 17.9 Å². The first-order valence-corrected chi connectivity index (χ1v) is 11.9. The first-order valence-electron chi connectivity index (χ1n) is 11.9. The van der Waals surface area contributed by atoms with Gasteiger partial charge in [0.25, 0.3) is 5.91 Å². The summed E-state index contributed by atoms with van der Waals surface area (Å²) >= 11 is 0. The third kappa shape index (κ3) is 6.13. The fourth-order valence-electron chi connectivity index (χ4n) is 3.66. The number of benzene rings is 2. The van der Waals surface area contributed by atoms with Crippen LogP contribution in [0.3, 0.4) is 0 Å². The largest absolute Gasteiger partial charge is 0.329 e. The van der Waals surface area contributed by atoms with Gasteiger partial charge < -0.3 is 10.2 Å². The molecule has 1 N–H and O–H groups in total. The van der Waals surface area contributed by atoms with Gasteiger partial charge >= 0.3 is 0 Å². The zero-order valence-corrected chi connectivity index (χ0v) is 21.2. The van der Waals surface area contributed by atoms with Crippen molar-refractivity contribution in [3.8, 4) is 5.69 Å². The molecule has 3 rings (SSSR count). The van der Waals surface area contributed by atoms with Crippen molar-refractivity contribution in [2.75, 3.05) is 18.4 Å². The van der Waals surface area contributed by atoms with Crippen LogP contribution in [0.2, 0.25) is 0 Å². The SMILES string of the molecule is CCCCN(CC(=O)Nc1cc(C(C)(C)C)nn1-c1ccc(C)cc1)C(=O)c1ccccc1C. The highest BCUT2D eigenvalue weighted by molar-refractivity contribution is 6.00. The molecule has 0 aliphatic rings. The molecule has 34 heavy (non-hydrogen) atoms. The third-order valence-electron chi connectivity index (χ3n) is 5.80. The molecule has 0 spiro atoms. The number of anilines is 1. The van der Waals surface area contributed by atoms with Crippen LogP contribution in [0.1, 0.15) is 67.7 Å². The van der Waals surface area contributed by atoms with Gasteiger partial charge in [-0.05, 0) is 44.0 Å². The second-order valence-corrected chi connectivity index (χ2v) is 9.86. The number of rotatable bonds is 8. The van der Waals surface area contributed by atoms with E-state index in [1.807, 2.05) is 68.4 Å². The Hall–Kier alpha value is -3.41. The van der Waals surface area contributed by atoms with Gasteiger partial charge in [-0.2, -0.15) is 5.10 Å². The van der Waals surface area contributed by atoms with Gasteiger partial charge in [0.2, 0.25) is 5.91 Å². The third-order valence-corrected chi connectivity index (χ3v) is 5.80. The number of carbonyl (C=O) groups is 2. The minimum absolute atomic E-state index is 0.0168. The molecule has 0 saturated heterocycles. The smallest absolute Gasteiger partial charge is 0.254 e. The predicted molar refractivity (Wildman–Crippen MR) is 138 cm³/mol. The summed E-state index contributed by atoms with van der Waals surface area (Å²) in [5, 5.41) is 7.79. The number of hydrogen-bond donors (Lipinski definition) is 1. The average Bonchev–Trinajstić information content (AvgIpc) is 3.21. The van der Waals surface area contributed by atoms with Crippen molar-refractivity contribution in [2.24, 2.45) is 0 Å². The highest BCUT2D eigenvalue weighted by atomic mass is 16.2. The molecule has 1 heterocycles. The Bertz CT molecular complexity index is 1140. The molecule has 0 aliphatic heterocycles. The number of aromatic nitrogens is 2. The van der Waals surface area contributed by atoms with E-state index in [2.05, 4.69) is 33.0 Å². The molecule has 6 nitrogen and oxygen atoms in total. The number of hydrogen-bond acceptors (Lipinski definition) is 3. The van der Waals surface area contributed by atoms with Gasteiger partial charge in [0.05, 0.1) is 11.4 Å². The Kier molecular flexibility index (Phi) is 7.92. The van der Waals surface area contributed by atoms with E-state index < -0.39 is 0 Å². The standard InChI is InChI=1S/C28H36N4O2/c1-7-8-17-31(27(34)23-12-10-9-11-21(23)3)19-26(33)29-25-18-24(28(4,5)6)30-32(25)22-15-13-20(2)14-16-22/h9-16,18H,7-8,17,19H2,1-6H3,(H,29,33). The number of unbranched alkanes of at least 4 members (excludes halogenated alkanes) is 1. The van der Waals surface area contributed by atoms with Gasteiger partial charge in [-0.15, -0.1) is 0 Å². The summed E-state index contributed by atoms with van der Waals surface area (Å²) in [6, 6.07) is 17.4. The maximum Gasteiger partial charge on any atom is 0.254 e. The van der Waals surface area contributed by atoms with Crippen molar-refractivity contribution in [3.05, 3.63) is 77.0 Å². The maximum atomic E-state index is 13.2. The summed E-state index contributed by atoms with van der Waals surface area (Å²) in [6.45, 7) is 12.8. The Morgan fingerprint density at radius 2 is 1.71 bits per heavy atom. The average molecular weight is 461 g/mol. The summed E-state index contributed by atoms with van der Waals surface area (Å²) < 4.78 is 1.76. The summed E-state index contributed by atoms with van der Waals surface area (Å²) in [6.07, 6.45) is 1.77. The number of carbonyl (C=O) groups excluding carboxylic acids is 2. The zero-order chi connectivity index (χ0) is 24.9. The van der Waals surface area contributed by atoms with E-state index in [0.717, 1.165) is 35.3 Å². The van der Waals surface area contributed by atoms with Crippen LogP contribution in [-0.2, 0) is 10.2 Å². The van der Waals surface area contributed by atoms with E-state index in [9.17, 15) is 9.59 Å².